The van der Waals surface area contributed by atoms with E-state index in [0.29, 0.717) is 5.82 Å². The van der Waals surface area contributed by atoms with Crippen molar-refractivity contribution in [3.63, 3.8) is 0 Å². The summed E-state index contributed by atoms with van der Waals surface area (Å²) in [5, 5.41) is 6.23. The van der Waals surface area contributed by atoms with Gasteiger partial charge in [0.1, 0.15) is 0 Å². The molecule has 0 spiro atoms. The minimum atomic E-state index is -0.611. The maximum atomic E-state index is 13.0. The van der Waals surface area contributed by atoms with Gasteiger partial charge < -0.3 is 11.1 Å². The van der Waals surface area contributed by atoms with Crippen LogP contribution in [-0.2, 0) is 0 Å². The minimum Gasteiger partial charge on any atom is -0.381 e. The van der Waals surface area contributed by atoms with Crippen molar-refractivity contribution in [2.45, 2.75) is 6.17 Å². The Morgan fingerprint density at radius 2 is 2.41 bits per heavy atom. The lowest BCUT2D eigenvalue weighted by Crippen LogP contribution is -2.38. The Balaban J connectivity index is 2.34. The quantitative estimate of drug-likeness (QED) is 0.665. The second-order valence-corrected chi connectivity index (χ2v) is 3.72. The summed E-state index contributed by atoms with van der Waals surface area (Å²) in [5.74, 6) is -0.323. The first-order valence-corrected chi connectivity index (χ1v) is 5.21. The van der Waals surface area contributed by atoms with E-state index in [1.54, 1.807) is 12.3 Å². The molecule has 0 saturated carbocycles. The molecule has 1 aromatic heterocycles. The summed E-state index contributed by atoms with van der Waals surface area (Å²) in [6.45, 7) is 3.77. The summed E-state index contributed by atoms with van der Waals surface area (Å²) < 4.78 is 13.0. The molecule has 2 unspecified atom stereocenters. The van der Waals surface area contributed by atoms with Crippen LogP contribution in [0.15, 0.2) is 25.1 Å². The van der Waals surface area contributed by atoms with E-state index in [0.717, 1.165) is 11.8 Å². The molecule has 0 aromatic carbocycles. The average molecular weight is 235 g/mol. The van der Waals surface area contributed by atoms with Gasteiger partial charge in [0.25, 0.3) is 0 Å². The van der Waals surface area contributed by atoms with E-state index < -0.39 is 5.82 Å². The first kappa shape index (κ1) is 11.5. The molecule has 1 aliphatic rings. The average Bonchev–Trinajstić information content (AvgIpc) is 2.75. The molecule has 0 amide bonds. The molecule has 2 atom stereocenters. The van der Waals surface area contributed by atoms with Crippen molar-refractivity contribution in [3.8, 4) is 0 Å². The lowest BCUT2D eigenvalue weighted by molar-refractivity contribution is 0.486. The highest BCUT2D eigenvalue weighted by Crippen LogP contribution is 2.28. The predicted octanol–water partition coefficient (Wildman–Crippen LogP) is 0.490. The minimum absolute atomic E-state index is 0.0184. The molecule has 5 nitrogen and oxygen atoms in total. The van der Waals surface area contributed by atoms with Crippen LogP contribution in [0.3, 0.4) is 0 Å². The molecular weight excluding hydrogens is 221 g/mol. The standard InChI is InChI=1S/C11H14FN5/c1-3-6-7(4-15-10(6)14-2)11-16-5-8(12)9(13)17-11/h3-6,10,14-15H,1H2,2H3,(H2,13,16,17). The van der Waals surface area contributed by atoms with Crippen LogP contribution >= 0.6 is 0 Å². The van der Waals surface area contributed by atoms with Crippen molar-refractivity contribution in [2.75, 3.05) is 12.8 Å². The summed E-state index contributed by atoms with van der Waals surface area (Å²) in [4.78, 5) is 7.87. The second-order valence-electron chi connectivity index (χ2n) is 3.72. The number of hydrogen-bond acceptors (Lipinski definition) is 5. The van der Waals surface area contributed by atoms with E-state index in [2.05, 4.69) is 27.2 Å². The number of halogens is 1. The van der Waals surface area contributed by atoms with Crippen molar-refractivity contribution >= 4 is 11.4 Å². The number of anilines is 1. The monoisotopic (exact) mass is 235 g/mol. The molecule has 1 aliphatic heterocycles. The van der Waals surface area contributed by atoms with Crippen molar-refractivity contribution in [1.29, 1.82) is 0 Å². The summed E-state index contributed by atoms with van der Waals surface area (Å²) in [6.07, 6.45) is 4.69. The Morgan fingerprint density at radius 1 is 1.65 bits per heavy atom. The molecule has 90 valence electrons. The lowest BCUT2D eigenvalue weighted by Gasteiger charge is -2.18. The smallest absolute Gasteiger partial charge is 0.183 e. The Labute approximate surface area is 98.6 Å². The number of rotatable bonds is 3. The molecule has 1 aromatic rings. The van der Waals surface area contributed by atoms with Gasteiger partial charge in [-0.25, -0.2) is 14.4 Å². The number of nitrogens with one attached hydrogen (secondary N) is 2. The molecule has 0 saturated heterocycles. The molecule has 0 fully saturated rings. The van der Waals surface area contributed by atoms with E-state index in [4.69, 9.17) is 5.73 Å². The molecule has 6 heteroatoms. The van der Waals surface area contributed by atoms with Crippen LogP contribution < -0.4 is 16.4 Å². The first-order chi connectivity index (χ1) is 8.17. The van der Waals surface area contributed by atoms with Gasteiger partial charge in [-0.1, -0.05) is 6.08 Å². The van der Waals surface area contributed by atoms with Gasteiger partial charge in [-0.15, -0.1) is 6.58 Å². The Morgan fingerprint density at radius 3 is 3.00 bits per heavy atom. The van der Waals surface area contributed by atoms with Crippen molar-refractivity contribution in [3.05, 3.63) is 36.7 Å². The Kier molecular flexibility index (Phi) is 3.06. The predicted molar refractivity (Wildman–Crippen MR) is 64.0 cm³/mol. The molecule has 0 aliphatic carbocycles. The van der Waals surface area contributed by atoms with Crippen molar-refractivity contribution < 1.29 is 4.39 Å². The van der Waals surface area contributed by atoms with Crippen LogP contribution in [0, 0.1) is 11.7 Å². The van der Waals surface area contributed by atoms with E-state index in [9.17, 15) is 4.39 Å². The molecule has 17 heavy (non-hydrogen) atoms. The van der Waals surface area contributed by atoms with Crippen LogP contribution in [0.5, 0.6) is 0 Å². The summed E-state index contributed by atoms with van der Waals surface area (Å²) in [7, 11) is 1.84. The summed E-state index contributed by atoms with van der Waals surface area (Å²) >= 11 is 0. The molecule has 0 bridgehead atoms. The highest BCUT2D eigenvalue weighted by molar-refractivity contribution is 5.67. The van der Waals surface area contributed by atoms with Gasteiger partial charge in [0.2, 0.25) is 0 Å². The molecule has 2 heterocycles. The van der Waals surface area contributed by atoms with Gasteiger partial charge in [0, 0.05) is 17.7 Å². The van der Waals surface area contributed by atoms with Gasteiger partial charge in [0.05, 0.1) is 12.4 Å². The third-order valence-electron chi connectivity index (χ3n) is 2.73. The van der Waals surface area contributed by atoms with E-state index >= 15 is 0 Å². The fourth-order valence-corrected chi connectivity index (χ4v) is 1.82. The lowest BCUT2D eigenvalue weighted by atomic mass is 9.99. The highest BCUT2D eigenvalue weighted by Gasteiger charge is 2.28. The van der Waals surface area contributed by atoms with Crippen LogP contribution in [0.1, 0.15) is 5.82 Å². The maximum absolute atomic E-state index is 13.0. The van der Waals surface area contributed by atoms with Gasteiger partial charge in [-0.3, -0.25) is 5.32 Å². The maximum Gasteiger partial charge on any atom is 0.183 e. The van der Waals surface area contributed by atoms with Crippen LogP contribution in [-0.4, -0.2) is 23.2 Å². The zero-order valence-corrected chi connectivity index (χ0v) is 9.44. The third-order valence-corrected chi connectivity index (χ3v) is 2.73. The normalized spacial score (nSPS) is 23.1. The zero-order chi connectivity index (χ0) is 12.4. The van der Waals surface area contributed by atoms with Gasteiger partial charge in [-0.05, 0) is 7.05 Å². The van der Waals surface area contributed by atoms with Crippen LogP contribution in [0.4, 0.5) is 10.2 Å². The van der Waals surface area contributed by atoms with Crippen molar-refractivity contribution in [2.24, 2.45) is 5.92 Å². The molecule has 4 N–H and O–H groups in total. The molecule has 0 radical (unpaired) electrons. The topological polar surface area (TPSA) is 75.9 Å². The third kappa shape index (κ3) is 1.99. The van der Waals surface area contributed by atoms with E-state index in [1.807, 2.05) is 7.05 Å². The molecule has 2 rings (SSSR count). The Bertz CT molecular complexity index is 471. The summed E-state index contributed by atoms with van der Waals surface area (Å²) in [5.41, 5.74) is 6.27. The largest absolute Gasteiger partial charge is 0.381 e. The van der Waals surface area contributed by atoms with Crippen LogP contribution in [0.2, 0.25) is 0 Å². The Hall–Kier alpha value is -1.95. The van der Waals surface area contributed by atoms with E-state index in [1.165, 1.54) is 0 Å². The SMILES string of the molecule is C=CC1C(c2ncc(F)c(N)n2)=CNC1NC. The fourth-order valence-electron chi connectivity index (χ4n) is 1.82. The fraction of sp³-hybridized carbons (Fsp3) is 0.273. The van der Waals surface area contributed by atoms with Crippen molar-refractivity contribution in [1.82, 2.24) is 20.6 Å². The number of nitrogen functional groups attached to an aromatic ring is 1. The van der Waals surface area contributed by atoms with E-state index in [-0.39, 0.29) is 17.9 Å². The van der Waals surface area contributed by atoms with Gasteiger partial charge >= 0.3 is 0 Å². The first-order valence-electron chi connectivity index (χ1n) is 5.21. The second kappa shape index (κ2) is 4.50. The highest BCUT2D eigenvalue weighted by atomic mass is 19.1. The number of nitrogens with two attached hydrogens (primary N) is 1. The summed E-state index contributed by atoms with van der Waals surface area (Å²) in [6, 6.07) is 0. The molecular formula is C11H14FN5. The van der Waals surface area contributed by atoms with Gasteiger partial charge in [-0.2, -0.15) is 0 Å². The van der Waals surface area contributed by atoms with Crippen LogP contribution in [0.25, 0.3) is 5.57 Å². The zero-order valence-electron chi connectivity index (χ0n) is 9.44. The number of nitrogens with zero attached hydrogens (tertiary/aromatic N) is 2. The number of aromatic nitrogens is 2. The van der Waals surface area contributed by atoms with Gasteiger partial charge in [0.15, 0.2) is 17.5 Å². The number of hydrogen-bond donors (Lipinski definition) is 3.